The molecule has 6 nitrogen and oxygen atoms in total. The Morgan fingerprint density at radius 2 is 1.55 bits per heavy atom. The van der Waals surface area contributed by atoms with Crippen LogP contribution in [0.2, 0.25) is 0 Å². The number of carbonyl (C=O) groups is 2. The molecule has 0 aliphatic rings. The van der Waals surface area contributed by atoms with Crippen LogP contribution in [0.1, 0.15) is 51.2 Å². The van der Waals surface area contributed by atoms with Crippen molar-refractivity contribution in [3.63, 3.8) is 0 Å². The Kier molecular flexibility index (Phi) is 7.22. The third-order valence-corrected chi connectivity index (χ3v) is 5.44. The summed E-state index contributed by atoms with van der Waals surface area (Å²) in [6.45, 7) is 11.5. The fraction of sp³-hybridized carbons (Fsp3) is 0.346. The van der Waals surface area contributed by atoms with Gasteiger partial charge in [-0.3, -0.25) is 9.59 Å². The average Bonchev–Trinajstić information content (AvgIpc) is 3.21. The van der Waals surface area contributed by atoms with E-state index in [0.29, 0.717) is 16.3 Å². The van der Waals surface area contributed by atoms with Crippen molar-refractivity contribution >= 4 is 23.2 Å². The summed E-state index contributed by atoms with van der Waals surface area (Å²) in [7, 11) is 0. The first-order valence-corrected chi connectivity index (χ1v) is 11.7. The van der Waals surface area contributed by atoms with Crippen LogP contribution in [0, 0.1) is 0 Å². The molecule has 2 N–H and O–H groups in total. The Morgan fingerprint density at radius 1 is 0.879 bits per heavy atom. The SMILES string of the molecule is CC(C)(C)NC(=O)COc1ccc(-c2ccccc2)nc1-c1ccc(C(=O)NC(C)(C)C)s1. The lowest BCUT2D eigenvalue weighted by molar-refractivity contribution is -0.124. The van der Waals surface area contributed by atoms with Crippen molar-refractivity contribution < 1.29 is 14.3 Å². The quantitative estimate of drug-likeness (QED) is 0.518. The fourth-order valence-corrected chi connectivity index (χ4v) is 3.99. The van der Waals surface area contributed by atoms with Gasteiger partial charge in [-0.2, -0.15) is 0 Å². The summed E-state index contributed by atoms with van der Waals surface area (Å²) in [6.07, 6.45) is 0. The molecule has 2 amide bonds. The number of hydrogen-bond donors (Lipinski definition) is 2. The molecule has 0 fully saturated rings. The van der Waals surface area contributed by atoms with E-state index in [2.05, 4.69) is 10.6 Å². The van der Waals surface area contributed by atoms with E-state index in [1.807, 2.05) is 90.1 Å². The Morgan fingerprint density at radius 3 is 2.18 bits per heavy atom. The van der Waals surface area contributed by atoms with Crippen molar-refractivity contribution in [3.05, 3.63) is 59.5 Å². The fourth-order valence-electron chi connectivity index (χ4n) is 3.10. The number of pyridine rings is 1. The number of aromatic nitrogens is 1. The normalized spacial score (nSPS) is 11.7. The van der Waals surface area contributed by atoms with E-state index in [0.717, 1.165) is 16.1 Å². The van der Waals surface area contributed by atoms with Crippen LogP contribution >= 0.6 is 11.3 Å². The summed E-state index contributed by atoms with van der Waals surface area (Å²) >= 11 is 1.34. The topological polar surface area (TPSA) is 80.3 Å². The molecule has 0 saturated heterocycles. The van der Waals surface area contributed by atoms with Gasteiger partial charge in [-0.1, -0.05) is 30.3 Å². The third-order valence-electron chi connectivity index (χ3n) is 4.35. The van der Waals surface area contributed by atoms with Crippen LogP contribution in [-0.2, 0) is 4.79 Å². The Bertz CT molecular complexity index is 1130. The van der Waals surface area contributed by atoms with E-state index in [1.54, 1.807) is 6.07 Å². The van der Waals surface area contributed by atoms with Crippen molar-refractivity contribution in [2.45, 2.75) is 52.6 Å². The van der Waals surface area contributed by atoms with Gasteiger partial charge in [-0.25, -0.2) is 4.98 Å². The van der Waals surface area contributed by atoms with Crippen LogP contribution in [0.15, 0.2) is 54.6 Å². The van der Waals surface area contributed by atoms with Crippen molar-refractivity contribution in [2.75, 3.05) is 6.61 Å². The highest BCUT2D eigenvalue weighted by Crippen LogP contribution is 2.35. The summed E-state index contributed by atoms with van der Waals surface area (Å²) in [4.78, 5) is 31.1. The number of rotatable bonds is 6. The second-order valence-electron chi connectivity index (χ2n) is 9.86. The van der Waals surface area contributed by atoms with Gasteiger partial charge in [0.25, 0.3) is 11.8 Å². The molecule has 1 aromatic carbocycles. The van der Waals surface area contributed by atoms with Crippen molar-refractivity contribution in [2.24, 2.45) is 0 Å². The molecular weight excluding hydrogens is 434 g/mol. The average molecular weight is 466 g/mol. The van der Waals surface area contributed by atoms with Gasteiger partial charge >= 0.3 is 0 Å². The minimum Gasteiger partial charge on any atom is -0.481 e. The highest BCUT2D eigenvalue weighted by Gasteiger charge is 2.20. The second-order valence-corrected chi connectivity index (χ2v) is 10.9. The molecule has 0 atom stereocenters. The molecule has 2 heterocycles. The molecule has 174 valence electrons. The van der Waals surface area contributed by atoms with E-state index in [1.165, 1.54) is 11.3 Å². The van der Waals surface area contributed by atoms with E-state index in [-0.39, 0.29) is 29.5 Å². The van der Waals surface area contributed by atoms with Crippen molar-refractivity contribution in [1.82, 2.24) is 15.6 Å². The maximum Gasteiger partial charge on any atom is 0.261 e. The van der Waals surface area contributed by atoms with E-state index in [9.17, 15) is 9.59 Å². The summed E-state index contributed by atoms with van der Waals surface area (Å²) in [6, 6.07) is 17.2. The van der Waals surface area contributed by atoms with Gasteiger partial charge in [0.1, 0.15) is 11.4 Å². The maximum absolute atomic E-state index is 12.6. The van der Waals surface area contributed by atoms with E-state index >= 15 is 0 Å². The first kappa shape index (κ1) is 24.5. The molecule has 0 unspecified atom stereocenters. The Balaban J connectivity index is 1.93. The van der Waals surface area contributed by atoms with Gasteiger partial charge in [-0.15, -0.1) is 11.3 Å². The monoisotopic (exact) mass is 465 g/mol. The van der Waals surface area contributed by atoms with Crippen molar-refractivity contribution in [3.8, 4) is 27.6 Å². The number of benzene rings is 1. The summed E-state index contributed by atoms with van der Waals surface area (Å²) < 4.78 is 5.87. The molecule has 33 heavy (non-hydrogen) atoms. The minimum absolute atomic E-state index is 0.126. The van der Waals surface area contributed by atoms with Crippen LogP contribution in [0.4, 0.5) is 0 Å². The molecule has 0 saturated carbocycles. The van der Waals surface area contributed by atoms with Gasteiger partial charge in [0.2, 0.25) is 0 Å². The number of ether oxygens (including phenoxy) is 1. The minimum atomic E-state index is -0.345. The third kappa shape index (κ3) is 7.15. The number of nitrogens with zero attached hydrogens (tertiary/aromatic N) is 1. The predicted molar refractivity (Wildman–Crippen MR) is 134 cm³/mol. The molecule has 7 heteroatoms. The van der Waals surface area contributed by atoms with Crippen LogP contribution in [0.5, 0.6) is 5.75 Å². The lowest BCUT2D eigenvalue weighted by atomic mass is 10.1. The van der Waals surface area contributed by atoms with Crippen LogP contribution in [0.25, 0.3) is 21.8 Å². The Hall–Kier alpha value is -3.19. The molecular formula is C26H31N3O3S. The first-order valence-electron chi connectivity index (χ1n) is 10.8. The number of carbonyl (C=O) groups excluding carboxylic acids is 2. The smallest absolute Gasteiger partial charge is 0.261 e. The van der Waals surface area contributed by atoms with E-state index in [4.69, 9.17) is 9.72 Å². The van der Waals surface area contributed by atoms with Gasteiger partial charge < -0.3 is 15.4 Å². The number of thiophene rings is 1. The highest BCUT2D eigenvalue weighted by atomic mass is 32.1. The van der Waals surface area contributed by atoms with Gasteiger partial charge in [0.05, 0.1) is 15.4 Å². The molecule has 3 rings (SSSR count). The first-order chi connectivity index (χ1) is 15.4. The summed E-state index contributed by atoms with van der Waals surface area (Å²) in [5.74, 6) is 0.144. The molecule has 2 aromatic heterocycles. The molecule has 0 aliphatic heterocycles. The second kappa shape index (κ2) is 9.75. The number of amides is 2. The maximum atomic E-state index is 12.6. The lowest BCUT2D eigenvalue weighted by Gasteiger charge is -2.20. The molecule has 0 aliphatic carbocycles. The summed E-state index contributed by atoms with van der Waals surface area (Å²) in [5.41, 5.74) is 1.67. The van der Waals surface area contributed by atoms with Crippen LogP contribution < -0.4 is 15.4 Å². The van der Waals surface area contributed by atoms with Gasteiger partial charge in [0.15, 0.2) is 6.61 Å². The van der Waals surface area contributed by atoms with Crippen molar-refractivity contribution in [1.29, 1.82) is 0 Å². The zero-order valence-corrected chi connectivity index (χ0v) is 20.8. The van der Waals surface area contributed by atoms with Gasteiger partial charge in [0, 0.05) is 16.6 Å². The molecule has 0 radical (unpaired) electrons. The van der Waals surface area contributed by atoms with Crippen LogP contribution in [-0.4, -0.2) is 34.5 Å². The zero-order chi connectivity index (χ0) is 24.2. The largest absolute Gasteiger partial charge is 0.481 e. The van der Waals surface area contributed by atoms with Gasteiger partial charge in [-0.05, 0) is 65.8 Å². The van der Waals surface area contributed by atoms with Crippen LogP contribution in [0.3, 0.4) is 0 Å². The number of hydrogen-bond acceptors (Lipinski definition) is 5. The zero-order valence-electron chi connectivity index (χ0n) is 20.0. The lowest BCUT2D eigenvalue weighted by Crippen LogP contribution is -2.43. The molecule has 0 spiro atoms. The van der Waals surface area contributed by atoms with E-state index < -0.39 is 0 Å². The number of nitrogens with one attached hydrogen (secondary N) is 2. The Labute approximate surface area is 199 Å². The predicted octanol–water partition coefficient (Wildman–Crippen LogP) is 5.30. The molecule has 3 aromatic rings. The highest BCUT2D eigenvalue weighted by molar-refractivity contribution is 7.17. The molecule has 0 bridgehead atoms. The standard InChI is InChI=1S/C26H31N3O3S/c1-25(2,3)28-22(30)16-32-19-13-12-18(17-10-8-7-9-11-17)27-23(19)20-14-15-21(33-20)24(31)29-26(4,5)6/h7-15H,16H2,1-6H3,(H,28,30)(H,29,31). The summed E-state index contributed by atoms with van der Waals surface area (Å²) in [5, 5.41) is 5.87.